The number of para-hydroxylation sites is 1. The molecule has 0 bridgehead atoms. The van der Waals surface area contributed by atoms with E-state index in [9.17, 15) is 36.0 Å². The Morgan fingerprint density at radius 3 is 2.38 bits per heavy atom. The first-order valence-electron chi connectivity index (χ1n) is 20.9. The van der Waals surface area contributed by atoms with Gasteiger partial charge in [0.15, 0.2) is 11.0 Å². The zero-order chi connectivity index (χ0) is 46.8. The number of fused-ring (bicyclic) bond motifs is 3. The van der Waals surface area contributed by atoms with Crippen molar-refractivity contribution >= 4 is 72.3 Å². The highest BCUT2D eigenvalue weighted by atomic mass is 32.2. The van der Waals surface area contributed by atoms with Crippen molar-refractivity contribution in [2.45, 2.75) is 95.0 Å². The number of nitrogens with one attached hydrogen (secondary N) is 3. The van der Waals surface area contributed by atoms with Crippen molar-refractivity contribution < 1.29 is 54.7 Å². The summed E-state index contributed by atoms with van der Waals surface area (Å²) in [6, 6.07) is 8.90. The van der Waals surface area contributed by atoms with Crippen molar-refractivity contribution in [3.8, 4) is 17.3 Å². The molecule has 0 unspecified atom stereocenters. The number of alkyl halides is 3. The average molecular weight is 938 g/mol. The van der Waals surface area contributed by atoms with Crippen LogP contribution in [0.5, 0.6) is 5.88 Å². The fraction of sp³-hybridized carbons (Fsp3) is 0.432. The molecule has 1 aliphatic heterocycles. The van der Waals surface area contributed by atoms with Crippen LogP contribution in [0.15, 0.2) is 65.6 Å². The second-order valence-corrected chi connectivity index (χ2v) is 20.4. The van der Waals surface area contributed by atoms with E-state index in [1.165, 1.54) is 30.2 Å². The molecule has 3 aliphatic rings. The summed E-state index contributed by atoms with van der Waals surface area (Å²) in [6.07, 6.45) is -3.00. The van der Waals surface area contributed by atoms with Gasteiger partial charge in [-0.15, -0.1) is 6.58 Å². The first-order valence-corrected chi connectivity index (χ1v) is 23.2. The fourth-order valence-corrected chi connectivity index (χ4v) is 10.3. The topological polar surface area (TPSA) is 212 Å². The molecule has 1 saturated heterocycles. The number of amides is 3. The molecule has 65 heavy (non-hydrogen) atoms. The third-order valence-corrected chi connectivity index (χ3v) is 14.6. The minimum absolute atomic E-state index is 0.0181. The largest absolute Gasteiger partial charge is 0.470 e. The van der Waals surface area contributed by atoms with E-state index in [0.717, 1.165) is 23.5 Å². The summed E-state index contributed by atoms with van der Waals surface area (Å²) in [6.45, 7) is 10.8. The van der Waals surface area contributed by atoms with Crippen LogP contribution in [0.2, 0.25) is 0 Å². The van der Waals surface area contributed by atoms with Gasteiger partial charge < -0.3 is 29.4 Å². The van der Waals surface area contributed by atoms with E-state index in [0.29, 0.717) is 41.4 Å². The summed E-state index contributed by atoms with van der Waals surface area (Å²) >= 11 is 1.01. The number of esters is 1. The fourth-order valence-electron chi connectivity index (χ4n) is 7.98. The second-order valence-electron chi connectivity index (χ2n) is 17.5. The smallest absolute Gasteiger partial charge is 0.416 e. The number of aromatic nitrogens is 3. The van der Waals surface area contributed by atoms with Crippen molar-refractivity contribution in [1.82, 2.24) is 29.9 Å². The second kappa shape index (κ2) is 16.7. The first-order chi connectivity index (χ1) is 30.7. The maximum absolute atomic E-state index is 15.0. The van der Waals surface area contributed by atoms with Gasteiger partial charge in [0.1, 0.15) is 39.7 Å². The first kappa shape index (κ1) is 45.5. The number of thiazole rings is 1. The molecular weight excluding hydrogens is 892 g/mol. The van der Waals surface area contributed by atoms with E-state index in [4.69, 9.17) is 13.9 Å². The summed E-state index contributed by atoms with van der Waals surface area (Å²) in [4.78, 5) is 71.4. The highest BCUT2D eigenvalue weighted by molar-refractivity contribution is 7.91. The number of likely N-dealkylation sites (tertiary alicyclic amines) is 1. The summed E-state index contributed by atoms with van der Waals surface area (Å²) < 4.78 is 86.1. The number of carbonyl (C=O) groups is 4. The number of sulfonamides is 1. The normalized spacial score (nSPS) is 21.5. The van der Waals surface area contributed by atoms with E-state index in [1.807, 2.05) is 6.92 Å². The zero-order valence-electron chi connectivity index (χ0n) is 35.9. The van der Waals surface area contributed by atoms with Crippen molar-refractivity contribution in [3.05, 3.63) is 77.3 Å². The number of benzene rings is 2. The quantitative estimate of drug-likeness (QED) is 0.0813. The lowest BCUT2D eigenvalue weighted by molar-refractivity contribution is -0.141. The molecule has 5 atom stereocenters. The number of ether oxygens (including phenoxy) is 2. The lowest BCUT2D eigenvalue weighted by Gasteiger charge is -2.35. The van der Waals surface area contributed by atoms with Crippen molar-refractivity contribution in [2.75, 3.05) is 19.0 Å². The summed E-state index contributed by atoms with van der Waals surface area (Å²) in [7, 11) is -2.74. The van der Waals surface area contributed by atoms with Gasteiger partial charge in [-0.1, -0.05) is 69.4 Å². The summed E-state index contributed by atoms with van der Waals surface area (Å²) in [5.41, 5.74) is -1.84. The van der Waals surface area contributed by atoms with E-state index in [1.54, 1.807) is 45.0 Å². The minimum Gasteiger partial charge on any atom is -0.470 e. The van der Waals surface area contributed by atoms with Gasteiger partial charge in [0.25, 0.3) is 11.8 Å². The Labute approximate surface area is 375 Å². The third-order valence-electron chi connectivity index (χ3n) is 11.8. The summed E-state index contributed by atoms with van der Waals surface area (Å²) in [5, 5.41) is 6.09. The molecule has 0 spiro atoms. The number of anilines is 1. The number of furan rings is 1. The van der Waals surface area contributed by atoms with E-state index < -0.39 is 85.8 Å². The predicted molar refractivity (Wildman–Crippen MR) is 233 cm³/mol. The van der Waals surface area contributed by atoms with Gasteiger partial charge in [-0.2, -0.15) is 18.2 Å². The highest BCUT2D eigenvalue weighted by Gasteiger charge is 2.62. The highest BCUT2D eigenvalue weighted by Crippen LogP contribution is 2.46. The van der Waals surface area contributed by atoms with Crippen LogP contribution >= 0.6 is 11.3 Å². The molecule has 5 aromatic rings. The molecule has 8 rings (SSSR count). The molecule has 2 aliphatic carbocycles. The molecule has 344 valence electrons. The van der Waals surface area contributed by atoms with Crippen LogP contribution < -0.4 is 20.1 Å². The molecule has 3 amide bonds. The van der Waals surface area contributed by atoms with Crippen LogP contribution in [0.1, 0.15) is 74.3 Å². The van der Waals surface area contributed by atoms with E-state index in [-0.39, 0.29) is 52.2 Å². The minimum atomic E-state index is -4.58. The van der Waals surface area contributed by atoms with Crippen LogP contribution in [-0.2, 0) is 41.7 Å². The molecule has 16 nitrogen and oxygen atoms in total. The molecule has 3 fully saturated rings. The Kier molecular flexibility index (Phi) is 11.7. The monoisotopic (exact) mass is 937 g/mol. The zero-order valence-corrected chi connectivity index (χ0v) is 37.6. The Morgan fingerprint density at radius 1 is 1.06 bits per heavy atom. The van der Waals surface area contributed by atoms with Gasteiger partial charge in [0.05, 0.1) is 30.2 Å². The van der Waals surface area contributed by atoms with Gasteiger partial charge in [-0.25, -0.2) is 23.2 Å². The maximum atomic E-state index is 15.0. The van der Waals surface area contributed by atoms with Crippen molar-refractivity contribution in [2.24, 2.45) is 11.3 Å². The van der Waals surface area contributed by atoms with Gasteiger partial charge in [-0.3, -0.25) is 19.1 Å². The van der Waals surface area contributed by atoms with Gasteiger partial charge in [0, 0.05) is 23.3 Å². The Bertz CT molecular complexity index is 2840. The molecule has 2 aromatic carbocycles. The molecule has 0 radical (unpaired) electrons. The van der Waals surface area contributed by atoms with E-state index in [2.05, 4.69) is 36.9 Å². The average Bonchev–Trinajstić information content (AvgIpc) is 4.11. The molecule has 2 saturated carbocycles. The molecular formula is C44H46F3N7O9S2. The number of rotatable bonds is 14. The van der Waals surface area contributed by atoms with Crippen LogP contribution in [0.4, 0.5) is 18.3 Å². The number of halogens is 3. The van der Waals surface area contributed by atoms with Crippen LogP contribution in [0, 0.1) is 11.3 Å². The van der Waals surface area contributed by atoms with Crippen molar-refractivity contribution in [3.63, 3.8) is 0 Å². The Balaban J connectivity index is 1.16. The molecule has 21 heteroatoms. The van der Waals surface area contributed by atoms with Crippen LogP contribution in [0.3, 0.4) is 0 Å². The van der Waals surface area contributed by atoms with Gasteiger partial charge in [-0.05, 0) is 55.4 Å². The predicted octanol–water partition coefficient (Wildman–Crippen LogP) is 6.41. The SMILES string of the molecule is C=C[C@@H]1C[C@]1(NC(=O)[C@@H]1C[C@@H](Oc2nc(-c3ccc(C(F)(F)F)cc3)nc3c2oc2ccccc23)CN1C(=O)[C@@H](Nc1nc(CC)c(C(=O)OC)s1)C(C)(C)C)C(=O)NS(=O)(=O)C1CC1. The van der Waals surface area contributed by atoms with E-state index >= 15 is 4.79 Å². The third kappa shape index (κ3) is 8.86. The Hall–Kier alpha value is -6.09. The Morgan fingerprint density at radius 2 is 1.77 bits per heavy atom. The number of nitrogens with zero attached hydrogens (tertiary/aromatic N) is 4. The molecule has 3 N–H and O–H groups in total. The van der Waals surface area contributed by atoms with Crippen molar-refractivity contribution in [1.29, 1.82) is 0 Å². The van der Waals surface area contributed by atoms with Crippen LogP contribution in [0.25, 0.3) is 33.5 Å². The number of carbonyl (C=O) groups excluding carboxylic acids is 4. The maximum Gasteiger partial charge on any atom is 0.416 e. The molecule has 4 heterocycles. The van der Waals surface area contributed by atoms with Gasteiger partial charge in [0.2, 0.25) is 27.4 Å². The van der Waals surface area contributed by atoms with Gasteiger partial charge >= 0.3 is 12.1 Å². The molecule has 3 aromatic heterocycles. The number of hydrogen-bond acceptors (Lipinski definition) is 14. The van der Waals surface area contributed by atoms with Crippen LogP contribution in [-0.4, -0.2) is 94.6 Å². The number of methoxy groups -OCH3 is 1. The standard InChI is InChI=1S/C44H46F3N7O9S2/c1-7-23-20-43(23,40(58)53-65(59,60)26-17-18-26)52-36(55)29-19-25(21-54(29)38(56)34(42(3,4)5)50-41-48-28(8-2)33(64-41)39(57)61-6)62-37-32-31(27-11-9-10-12-30(27)63-32)49-35(51-37)22-13-15-24(16-14-22)44(45,46)47/h7,9-16,23,25-26,29,34H,1,8,17-21H2,2-6H3,(H,48,50)(H,52,55)(H,53,58)/t23-,25-,29+,34-,43-/m1/s1. The number of hydrogen-bond donors (Lipinski definition) is 3. The summed E-state index contributed by atoms with van der Waals surface area (Å²) in [5.74, 6) is -3.54. The lowest BCUT2D eigenvalue weighted by atomic mass is 9.85. The lowest BCUT2D eigenvalue weighted by Crippen LogP contribution is -2.58. The number of aryl methyl sites for hydroxylation is 1.